The van der Waals surface area contributed by atoms with Gasteiger partial charge in [0, 0.05) is 12.5 Å². The molecule has 1 aromatic heterocycles. The summed E-state index contributed by atoms with van der Waals surface area (Å²) in [6, 6.07) is 0. The van der Waals surface area contributed by atoms with Gasteiger partial charge >= 0.3 is 0 Å². The van der Waals surface area contributed by atoms with Crippen LogP contribution in [0.5, 0.6) is 0 Å². The summed E-state index contributed by atoms with van der Waals surface area (Å²) in [6.07, 6.45) is 1.86. The minimum atomic E-state index is 0.501. The maximum atomic E-state index is 4.30. The van der Waals surface area contributed by atoms with Crippen LogP contribution in [0.2, 0.25) is 0 Å². The van der Waals surface area contributed by atoms with Crippen LogP contribution < -0.4 is 0 Å². The first-order valence-electron chi connectivity index (χ1n) is 3.87. The van der Waals surface area contributed by atoms with Gasteiger partial charge in [-0.15, -0.1) is 0 Å². The average Bonchev–Trinajstić information content (AvgIpc) is 2.30. The van der Waals surface area contributed by atoms with Crippen LogP contribution in [0.1, 0.15) is 32.5 Å². The number of hydrogen-bond acceptors (Lipinski definition) is 1. The van der Waals surface area contributed by atoms with E-state index in [9.17, 15) is 0 Å². The molecule has 0 amide bonds. The lowest BCUT2D eigenvalue weighted by atomic mass is 10.2. The van der Waals surface area contributed by atoms with Gasteiger partial charge in [0.2, 0.25) is 0 Å². The molecule has 0 aliphatic carbocycles. The van der Waals surface area contributed by atoms with E-state index in [0.29, 0.717) is 5.92 Å². The third-order valence-corrected chi connectivity index (χ3v) is 2.30. The number of nitrogens with zero attached hydrogens (tertiary/aromatic N) is 2. The van der Waals surface area contributed by atoms with Crippen LogP contribution in [0.15, 0.2) is 10.8 Å². The zero-order valence-electron chi connectivity index (χ0n) is 7.13. The van der Waals surface area contributed by atoms with E-state index in [1.54, 1.807) is 0 Å². The van der Waals surface area contributed by atoms with Gasteiger partial charge in [0.25, 0.3) is 0 Å². The van der Waals surface area contributed by atoms with E-state index in [4.69, 9.17) is 0 Å². The van der Waals surface area contributed by atoms with Crippen molar-refractivity contribution in [1.29, 1.82) is 0 Å². The van der Waals surface area contributed by atoms with Gasteiger partial charge in [0.05, 0.1) is 6.20 Å². The SMILES string of the molecule is CCn1c(Br)cnc1C(C)C. The van der Waals surface area contributed by atoms with Crippen molar-refractivity contribution >= 4 is 15.9 Å². The van der Waals surface area contributed by atoms with Crippen LogP contribution in [-0.2, 0) is 6.54 Å². The molecule has 0 fully saturated rings. The molecule has 0 bridgehead atoms. The van der Waals surface area contributed by atoms with Crippen molar-refractivity contribution in [3.05, 3.63) is 16.6 Å². The Morgan fingerprint density at radius 1 is 1.64 bits per heavy atom. The second-order valence-corrected chi connectivity index (χ2v) is 3.65. The normalized spacial score (nSPS) is 11.0. The molecule has 1 heterocycles. The molecule has 11 heavy (non-hydrogen) atoms. The first-order chi connectivity index (χ1) is 5.16. The smallest absolute Gasteiger partial charge is 0.112 e. The summed E-state index contributed by atoms with van der Waals surface area (Å²) in [7, 11) is 0. The van der Waals surface area contributed by atoms with Crippen molar-refractivity contribution in [3.8, 4) is 0 Å². The molecule has 0 spiro atoms. The van der Waals surface area contributed by atoms with E-state index in [1.807, 2.05) is 6.20 Å². The van der Waals surface area contributed by atoms with E-state index >= 15 is 0 Å². The molecule has 0 saturated carbocycles. The highest BCUT2D eigenvalue weighted by Crippen LogP contribution is 2.18. The Balaban J connectivity index is 3.05. The van der Waals surface area contributed by atoms with E-state index in [2.05, 4.69) is 46.3 Å². The van der Waals surface area contributed by atoms with Crippen LogP contribution in [0, 0.1) is 0 Å². The van der Waals surface area contributed by atoms with Gasteiger partial charge in [0.1, 0.15) is 10.4 Å². The zero-order valence-corrected chi connectivity index (χ0v) is 8.72. The highest BCUT2D eigenvalue weighted by atomic mass is 79.9. The quantitative estimate of drug-likeness (QED) is 0.744. The summed E-state index contributed by atoms with van der Waals surface area (Å²) in [5, 5.41) is 0. The number of halogens is 1. The maximum Gasteiger partial charge on any atom is 0.112 e. The highest BCUT2D eigenvalue weighted by molar-refractivity contribution is 9.10. The summed E-state index contributed by atoms with van der Waals surface area (Å²) in [5.74, 6) is 1.65. The molecular weight excluding hydrogens is 204 g/mol. The third-order valence-electron chi connectivity index (χ3n) is 1.67. The number of aromatic nitrogens is 2. The van der Waals surface area contributed by atoms with Gasteiger partial charge in [0.15, 0.2) is 0 Å². The molecule has 0 aliphatic rings. The molecule has 2 nitrogen and oxygen atoms in total. The number of hydrogen-bond donors (Lipinski definition) is 0. The molecule has 0 radical (unpaired) electrons. The van der Waals surface area contributed by atoms with Crippen LogP contribution in [0.4, 0.5) is 0 Å². The Hall–Kier alpha value is -0.310. The van der Waals surface area contributed by atoms with Crippen molar-refractivity contribution in [2.24, 2.45) is 0 Å². The summed E-state index contributed by atoms with van der Waals surface area (Å²) >= 11 is 3.45. The predicted octanol–water partition coefficient (Wildman–Crippen LogP) is 2.79. The first-order valence-corrected chi connectivity index (χ1v) is 4.67. The standard InChI is InChI=1S/C8H13BrN2/c1-4-11-7(9)5-10-8(11)6(2)3/h5-6H,4H2,1-3H3. The monoisotopic (exact) mass is 216 g/mol. The van der Waals surface area contributed by atoms with Crippen molar-refractivity contribution in [2.45, 2.75) is 33.2 Å². The minimum Gasteiger partial charge on any atom is -0.323 e. The molecule has 0 atom stereocenters. The Morgan fingerprint density at radius 3 is 2.64 bits per heavy atom. The van der Waals surface area contributed by atoms with Crippen LogP contribution in [0.3, 0.4) is 0 Å². The third kappa shape index (κ3) is 1.64. The lowest BCUT2D eigenvalue weighted by molar-refractivity contribution is 0.643. The number of rotatable bonds is 2. The van der Waals surface area contributed by atoms with Gasteiger partial charge in [-0.2, -0.15) is 0 Å². The fourth-order valence-corrected chi connectivity index (χ4v) is 1.68. The average molecular weight is 217 g/mol. The Labute approximate surface area is 75.8 Å². The van der Waals surface area contributed by atoms with E-state index in [-0.39, 0.29) is 0 Å². The second kappa shape index (κ2) is 3.39. The summed E-state index contributed by atoms with van der Waals surface area (Å²) in [5.41, 5.74) is 0. The number of imidazole rings is 1. The summed E-state index contributed by atoms with van der Waals surface area (Å²) in [4.78, 5) is 4.30. The molecule has 62 valence electrons. The van der Waals surface area contributed by atoms with E-state index < -0.39 is 0 Å². The topological polar surface area (TPSA) is 17.8 Å². The van der Waals surface area contributed by atoms with E-state index in [0.717, 1.165) is 17.0 Å². The predicted molar refractivity (Wildman–Crippen MR) is 49.7 cm³/mol. The van der Waals surface area contributed by atoms with Gasteiger partial charge in [-0.3, -0.25) is 0 Å². The molecule has 3 heteroatoms. The van der Waals surface area contributed by atoms with Crippen LogP contribution >= 0.6 is 15.9 Å². The van der Waals surface area contributed by atoms with E-state index in [1.165, 1.54) is 0 Å². The molecule has 0 unspecified atom stereocenters. The molecule has 0 saturated heterocycles. The molecule has 1 rings (SSSR count). The lowest BCUT2D eigenvalue weighted by Crippen LogP contribution is -2.03. The molecule has 0 aromatic carbocycles. The Morgan fingerprint density at radius 2 is 2.27 bits per heavy atom. The molecule has 0 N–H and O–H groups in total. The lowest BCUT2D eigenvalue weighted by Gasteiger charge is -2.07. The van der Waals surface area contributed by atoms with Gasteiger partial charge < -0.3 is 4.57 Å². The molecule has 1 aromatic rings. The van der Waals surface area contributed by atoms with Crippen molar-refractivity contribution in [2.75, 3.05) is 0 Å². The summed E-state index contributed by atoms with van der Waals surface area (Å²) in [6.45, 7) is 7.41. The van der Waals surface area contributed by atoms with Gasteiger partial charge in [-0.1, -0.05) is 13.8 Å². The fraction of sp³-hybridized carbons (Fsp3) is 0.625. The van der Waals surface area contributed by atoms with Crippen molar-refractivity contribution < 1.29 is 0 Å². The van der Waals surface area contributed by atoms with Crippen LogP contribution in [0.25, 0.3) is 0 Å². The highest BCUT2D eigenvalue weighted by Gasteiger charge is 2.08. The zero-order chi connectivity index (χ0) is 8.43. The second-order valence-electron chi connectivity index (χ2n) is 2.84. The van der Waals surface area contributed by atoms with Gasteiger partial charge in [-0.25, -0.2) is 4.98 Å². The largest absolute Gasteiger partial charge is 0.323 e. The van der Waals surface area contributed by atoms with Crippen molar-refractivity contribution in [1.82, 2.24) is 9.55 Å². The Kier molecular flexibility index (Phi) is 2.71. The minimum absolute atomic E-state index is 0.501. The molecule has 0 aliphatic heterocycles. The first kappa shape index (κ1) is 8.78. The summed E-state index contributed by atoms with van der Waals surface area (Å²) < 4.78 is 3.24. The molecular formula is C8H13BrN2. The fourth-order valence-electron chi connectivity index (χ4n) is 1.14. The van der Waals surface area contributed by atoms with Gasteiger partial charge in [-0.05, 0) is 22.9 Å². The van der Waals surface area contributed by atoms with Crippen LogP contribution in [-0.4, -0.2) is 9.55 Å². The Bertz CT molecular complexity index is 240. The van der Waals surface area contributed by atoms with Crippen molar-refractivity contribution in [3.63, 3.8) is 0 Å². The maximum absolute atomic E-state index is 4.30.